The molecule has 2 aromatic carbocycles. The molecule has 3 rings (SSSR count). The maximum atomic E-state index is 13.6. The number of benzene rings is 2. The molecule has 2 aromatic rings. The lowest BCUT2D eigenvalue weighted by atomic mass is 9.81. The van der Waals surface area contributed by atoms with Gasteiger partial charge in [0.15, 0.2) is 0 Å². The van der Waals surface area contributed by atoms with Gasteiger partial charge < -0.3 is 30.6 Å². The van der Waals surface area contributed by atoms with Gasteiger partial charge in [0.2, 0.25) is 11.6 Å². The second kappa shape index (κ2) is 11.4. The Kier molecular flexibility index (Phi) is 8.52. The molecule has 0 radical (unpaired) electrons. The summed E-state index contributed by atoms with van der Waals surface area (Å²) in [4.78, 5) is 31.5. The Morgan fingerprint density at radius 2 is 1.03 bits per heavy atom. The number of carbonyl (C=O) groups excluding carboxylic acids is 2. The summed E-state index contributed by atoms with van der Waals surface area (Å²) in [6.45, 7) is 8.91. The molecular weight excluding hydrogens is 432 g/mol. The van der Waals surface area contributed by atoms with E-state index in [1.807, 2.05) is 14.1 Å². The number of hydrogen-bond acceptors (Lipinski definition) is 8. The fourth-order valence-electron chi connectivity index (χ4n) is 4.41. The lowest BCUT2D eigenvalue weighted by molar-refractivity contribution is 0.0975. The average Bonchev–Trinajstić information content (AvgIpc) is 2.79. The summed E-state index contributed by atoms with van der Waals surface area (Å²) >= 11 is 0. The second-order valence-electron chi connectivity index (χ2n) is 8.88. The van der Waals surface area contributed by atoms with Gasteiger partial charge in [0.05, 0.1) is 22.3 Å². The number of aromatic hydroxyl groups is 2. The summed E-state index contributed by atoms with van der Waals surface area (Å²) < 4.78 is 0. The fraction of sp³-hybridized carbons (Fsp3) is 0.462. The Morgan fingerprint density at radius 3 is 1.38 bits per heavy atom. The van der Waals surface area contributed by atoms with Crippen molar-refractivity contribution in [2.24, 2.45) is 0 Å². The van der Waals surface area contributed by atoms with Crippen molar-refractivity contribution in [1.82, 2.24) is 9.80 Å². The van der Waals surface area contributed by atoms with Crippen LogP contribution in [0.25, 0.3) is 0 Å². The predicted molar refractivity (Wildman–Crippen MR) is 136 cm³/mol. The monoisotopic (exact) mass is 468 g/mol. The standard InChI is InChI=1S/C26H36N4O4/c1-5-13-29(3)15-11-27-17-7-8-18(28-12-16-30(4)14-6-2)22-21(17)25(33)23-19(31)9-10-20(32)24(23)26(22)34/h7-10,27-28,31-32H,5-6,11-16H2,1-4H3. The topological polar surface area (TPSA) is 105 Å². The summed E-state index contributed by atoms with van der Waals surface area (Å²) in [6.07, 6.45) is 2.10. The van der Waals surface area contributed by atoms with E-state index in [0.717, 1.165) is 39.0 Å². The maximum Gasteiger partial charge on any atom is 0.200 e. The van der Waals surface area contributed by atoms with Gasteiger partial charge in [-0.25, -0.2) is 0 Å². The highest BCUT2D eigenvalue weighted by atomic mass is 16.3. The molecule has 0 bridgehead atoms. The number of anilines is 2. The first-order valence-corrected chi connectivity index (χ1v) is 12.0. The molecule has 1 aliphatic carbocycles. The van der Waals surface area contributed by atoms with Crippen molar-refractivity contribution in [1.29, 1.82) is 0 Å². The second-order valence-corrected chi connectivity index (χ2v) is 8.88. The summed E-state index contributed by atoms with van der Waals surface area (Å²) in [5, 5.41) is 27.4. The molecule has 0 atom stereocenters. The summed E-state index contributed by atoms with van der Waals surface area (Å²) in [7, 11) is 4.07. The summed E-state index contributed by atoms with van der Waals surface area (Å²) in [5.41, 5.74) is 1.24. The van der Waals surface area contributed by atoms with Gasteiger partial charge in [-0.2, -0.15) is 0 Å². The molecule has 0 aromatic heterocycles. The third-order valence-electron chi connectivity index (χ3n) is 6.10. The van der Waals surface area contributed by atoms with Crippen molar-refractivity contribution >= 4 is 22.9 Å². The molecular formula is C26H36N4O4. The summed E-state index contributed by atoms with van der Waals surface area (Å²) in [6, 6.07) is 6.07. The van der Waals surface area contributed by atoms with Crippen molar-refractivity contribution in [2.45, 2.75) is 26.7 Å². The number of hydrogen-bond donors (Lipinski definition) is 4. The lowest BCUT2D eigenvalue weighted by Crippen LogP contribution is -2.29. The van der Waals surface area contributed by atoms with E-state index in [1.54, 1.807) is 12.1 Å². The number of fused-ring (bicyclic) bond motifs is 2. The smallest absolute Gasteiger partial charge is 0.200 e. The molecule has 0 heterocycles. The van der Waals surface area contributed by atoms with Crippen LogP contribution in [0.15, 0.2) is 24.3 Å². The minimum absolute atomic E-state index is 0.150. The zero-order chi connectivity index (χ0) is 24.8. The van der Waals surface area contributed by atoms with E-state index in [0.29, 0.717) is 24.5 Å². The van der Waals surface area contributed by atoms with Crippen LogP contribution in [-0.4, -0.2) is 84.9 Å². The first-order chi connectivity index (χ1) is 16.3. The van der Waals surface area contributed by atoms with Gasteiger partial charge in [0.1, 0.15) is 11.5 Å². The molecule has 0 amide bonds. The number of rotatable bonds is 12. The largest absolute Gasteiger partial charge is 0.507 e. The minimum atomic E-state index is -0.478. The highest BCUT2D eigenvalue weighted by Gasteiger charge is 2.37. The molecule has 4 N–H and O–H groups in total. The van der Waals surface area contributed by atoms with E-state index >= 15 is 0 Å². The van der Waals surface area contributed by atoms with E-state index < -0.39 is 11.6 Å². The van der Waals surface area contributed by atoms with Crippen LogP contribution < -0.4 is 10.6 Å². The lowest BCUT2D eigenvalue weighted by Gasteiger charge is -2.25. The van der Waals surface area contributed by atoms with Crippen molar-refractivity contribution < 1.29 is 19.8 Å². The van der Waals surface area contributed by atoms with Gasteiger partial charge in [0.25, 0.3) is 0 Å². The molecule has 0 aliphatic heterocycles. The molecule has 8 nitrogen and oxygen atoms in total. The van der Waals surface area contributed by atoms with Crippen molar-refractivity contribution in [3.05, 3.63) is 46.5 Å². The van der Waals surface area contributed by atoms with E-state index in [1.165, 1.54) is 12.1 Å². The third-order valence-corrected chi connectivity index (χ3v) is 6.10. The Morgan fingerprint density at radius 1 is 0.647 bits per heavy atom. The molecule has 0 saturated carbocycles. The SMILES string of the molecule is CCCN(C)CCNc1ccc(NCCN(C)CCC)c2c1C(=O)c1c(O)ccc(O)c1C2=O. The van der Waals surface area contributed by atoms with Gasteiger partial charge in [0, 0.05) is 37.6 Å². The van der Waals surface area contributed by atoms with Gasteiger partial charge in [-0.05, 0) is 64.3 Å². The number of phenols is 2. The van der Waals surface area contributed by atoms with Crippen molar-refractivity contribution in [2.75, 3.05) is 64.0 Å². The minimum Gasteiger partial charge on any atom is -0.507 e. The van der Waals surface area contributed by atoms with Crippen LogP contribution >= 0.6 is 0 Å². The molecule has 184 valence electrons. The van der Waals surface area contributed by atoms with Crippen molar-refractivity contribution in [3.8, 4) is 11.5 Å². The molecule has 0 fully saturated rings. The Labute approximate surface area is 201 Å². The van der Waals surface area contributed by atoms with Crippen LogP contribution in [0.3, 0.4) is 0 Å². The Hall–Kier alpha value is -3.10. The normalized spacial score (nSPS) is 12.8. The first kappa shape index (κ1) is 25.5. The van der Waals surface area contributed by atoms with Crippen LogP contribution in [0.2, 0.25) is 0 Å². The first-order valence-electron chi connectivity index (χ1n) is 12.0. The zero-order valence-corrected chi connectivity index (χ0v) is 20.6. The maximum absolute atomic E-state index is 13.6. The predicted octanol–water partition coefficient (Wildman–Crippen LogP) is 3.38. The molecule has 1 aliphatic rings. The summed E-state index contributed by atoms with van der Waals surface area (Å²) in [5.74, 6) is -1.58. The van der Waals surface area contributed by atoms with Gasteiger partial charge in [-0.1, -0.05) is 13.8 Å². The highest BCUT2D eigenvalue weighted by Crippen LogP contribution is 2.42. The Bertz CT molecular complexity index is 972. The van der Waals surface area contributed by atoms with Gasteiger partial charge >= 0.3 is 0 Å². The fourth-order valence-corrected chi connectivity index (χ4v) is 4.41. The molecule has 0 spiro atoms. The van der Waals surface area contributed by atoms with Crippen LogP contribution in [0.4, 0.5) is 11.4 Å². The van der Waals surface area contributed by atoms with E-state index in [9.17, 15) is 19.8 Å². The number of phenolic OH excluding ortho intramolecular Hbond substituents is 2. The van der Waals surface area contributed by atoms with Crippen molar-refractivity contribution in [3.63, 3.8) is 0 Å². The van der Waals surface area contributed by atoms with Crippen LogP contribution in [0.1, 0.15) is 58.5 Å². The Balaban J connectivity index is 1.98. The van der Waals surface area contributed by atoms with E-state index in [4.69, 9.17) is 0 Å². The van der Waals surface area contributed by atoms with Gasteiger partial charge in [-0.15, -0.1) is 0 Å². The number of nitrogens with one attached hydrogen (secondary N) is 2. The van der Waals surface area contributed by atoms with Crippen LogP contribution in [0, 0.1) is 0 Å². The number of ketones is 2. The van der Waals surface area contributed by atoms with Crippen LogP contribution in [0.5, 0.6) is 11.5 Å². The van der Waals surface area contributed by atoms with E-state index in [-0.39, 0.29) is 33.8 Å². The third kappa shape index (κ3) is 5.34. The number of carbonyl (C=O) groups is 2. The molecule has 0 unspecified atom stereocenters. The number of likely N-dealkylation sites (N-methyl/N-ethyl adjacent to an activating group) is 2. The highest BCUT2D eigenvalue weighted by molar-refractivity contribution is 6.33. The quantitative estimate of drug-likeness (QED) is 0.300. The molecule has 0 saturated heterocycles. The molecule has 8 heteroatoms. The number of nitrogens with zero attached hydrogens (tertiary/aromatic N) is 2. The average molecular weight is 469 g/mol. The van der Waals surface area contributed by atoms with Crippen LogP contribution in [-0.2, 0) is 0 Å². The van der Waals surface area contributed by atoms with E-state index in [2.05, 4.69) is 34.3 Å². The van der Waals surface area contributed by atoms with Gasteiger partial charge in [-0.3, -0.25) is 9.59 Å². The zero-order valence-electron chi connectivity index (χ0n) is 20.6. The molecule has 34 heavy (non-hydrogen) atoms.